The maximum absolute atomic E-state index is 13.5. The van der Waals surface area contributed by atoms with Crippen molar-refractivity contribution in [1.82, 2.24) is 4.98 Å². The highest BCUT2D eigenvalue weighted by Gasteiger charge is 2.30. The first-order valence-electron chi connectivity index (χ1n) is 13.6. The number of H-pyrrole nitrogens is 1. The fraction of sp³-hybridized carbons (Fsp3) is 0.114. The molecule has 0 aliphatic carbocycles. The average molecular weight is 522 g/mol. The Hall–Kier alpha value is -5.03. The predicted octanol–water partition coefficient (Wildman–Crippen LogP) is 7.81. The second kappa shape index (κ2) is 8.75. The lowest BCUT2D eigenvalue weighted by Crippen LogP contribution is -2.46. The number of hydrogen-bond donors (Lipinski definition) is 1. The number of carbonyl (C=O) groups excluding carboxylic acids is 1. The number of nitrogens with one attached hydrogen (secondary N) is 1. The maximum Gasteiger partial charge on any atom is 0.344 e. The number of aromatic amines is 1. The zero-order valence-electron chi connectivity index (χ0n) is 22.1. The van der Waals surface area contributed by atoms with E-state index in [1.807, 2.05) is 54.7 Å². The van der Waals surface area contributed by atoms with Crippen molar-refractivity contribution in [3.63, 3.8) is 0 Å². The standard InChI is InChI=1S/C35H27N3O2/c1-22-5-4-8-30(35(39)40-29-11-9-23-6-2-3-7-24(23)16-29)34(22)26-10-12-32-27(15-26)19-38-21-37(32)20-28-17-31-25(13-14-36-31)18-33(28)38/h2-18,36H,19-21H2,1H3. The first-order chi connectivity index (χ1) is 19.6. The van der Waals surface area contributed by atoms with Gasteiger partial charge in [0.1, 0.15) is 5.75 Å². The Balaban J connectivity index is 1.14. The number of anilines is 2. The molecule has 0 spiro atoms. The van der Waals surface area contributed by atoms with Crippen LogP contribution in [-0.2, 0) is 13.1 Å². The molecule has 3 heterocycles. The van der Waals surface area contributed by atoms with E-state index < -0.39 is 0 Å². The molecule has 2 aliphatic heterocycles. The van der Waals surface area contributed by atoms with Crippen molar-refractivity contribution in [3.05, 3.63) is 126 Å². The Bertz CT molecular complexity index is 1970. The first-order valence-corrected chi connectivity index (χ1v) is 13.6. The minimum Gasteiger partial charge on any atom is -0.423 e. The fourth-order valence-electron chi connectivity index (χ4n) is 6.38. The monoisotopic (exact) mass is 521 g/mol. The number of esters is 1. The van der Waals surface area contributed by atoms with Gasteiger partial charge < -0.3 is 19.5 Å². The molecule has 0 atom stereocenters. The number of benzene rings is 5. The molecule has 0 unspecified atom stereocenters. The Morgan fingerprint density at radius 2 is 1.57 bits per heavy atom. The van der Waals surface area contributed by atoms with E-state index in [2.05, 4.69) is 70.2 Å². The molecule has 0 saturated carbocycles. The summed E-state index contributed by atoms with van der Waals surface area (Å²) in [6.07, 6.45) is 2.00. The van der Waals surface area contributed by atoms with Gasteiger partial charge in [-0.2, -0.15) is 0 Å². The summed E-state index contributed by atoms with van der Waals surface area (Å²) in [5.41, 5.74) is 9.92. The van der Waals surface area contributed by atoms with Crippen molar-refractivity contribution in [1.29, 1.82) is 0 Å². The van der Waals surface area contributed by atoms with Crippen molar-refractivity contribution >= 4 is 39.0 Å². The summed E-state index contributed by atoms with van der Waals surface area (Å²) in [4.78, 5) is 21.8. The van der Waals surface area contributed by atoms with Gasteiger partial charge in [0.2, 0.25) is 0 Å². The molecule has 1 N–H and O–H groups in total. The van der Waals surface area contributed by atoms with E-state index in [0.29, 0.717) is 11.3 Å². The van der Waals surface area contributed by atoms with Crippen LogP contribution in [0.25, 0.3) is 32.8 Å². The molecule has 1 aromatic heterocycles. The van der Waals surface area contributed by atoms with E-state index in [1.54, 1.807) is 0 Å². The predicted molar refractivity (Wildman–Crippen MR) is 161 cm³/mol. The highest BCUT2D eigenvalue weighted by molar-refractivity contribution is 6.00. The number of rotatable bonds is 3. The number of carbonyl (C=O) groups is 1. The van der Waals surface area contributed by atoms with Crippen LogP contribution < -0.4 is 14.5 Å². The van der Waals surface area contributed by atoms with Gasteiger partial charge in [0.25, 0.3) is 0 Å². The largest absolute Gasteiger partial charge is 0.423 e. The zero-order chi connectivity index (χ0) is 26.8. The van der Waals surface area contributed by atoms with Crippen LogP contribution in [-0.4, -0.2) is 17.6 Å². The first kappa shape index (κ1) is 22.9. The molecule has 5 heteroatoms. The SMILES string of the molecule is Cc1cccc(C(=O)Oc2ccc3ccccc3c2)c1-c1ccc2c(c1)CN1CN2Cc2cc3[nH]ccc3cc21. The minimum absolute atomic E-state index is 0.347. The van der Waals surface area contributed by atoms with Crippen molar-refractivity contribution in [2.24, 2.45) is 0 Å². The van der Waals surface area contributed by atoms with Crippen molar-refractivity contribution in [3.8, 4) is 16.9 Å². The summed E-state index contributed by atoms with van der Waals surface area (Å²) in [6.45, 7) is 4.64. The van der Waals surface area contributed by atoms with Crippen LogP contribution >= 0.6 is 0 Å². The molecule has 0 saturated heterocycles. The third-order valence-electron chi connectivity index (χ3n) is 8.29. The summed E-state index contributed by atoms with van der Waals surface area (Å²) in [5.74, 6) is 0.200. The number of nitrogens with zero attached hydrogens (tertiary/aromatic N) is 2. The molecule has 194 valence electrons. The highest BCUT2D eigenvalue weighted by Crippen LogP contribution is 2.41. The Morgan fingerprint density at radius 3 is 2.48 bits per heavy atom. The van der Waals surface area contributed by atoms with Gasteiger partial charge in [-0.3, -0.25) is 0 Å². The van der Waals surface area contributed by atoms with E-state index in [1.165, 1.54) is 33.4 Å². The Kier molecular flexibility index (Phi) is 5.01. The lowest BCUT2D eigenvalue weighted by molar-refractivity contribution is 0.0735. The third kappa shape index (κ3) is 3.66. The Labute approximate surface area is 232 Å². The van der Waals surface area contributed by atoms with Gasteiger partial charge in [0.15, 0.2) is 0 Å². The normalized spacial score (nSPS) is 13.8. The van der Waals surface area contributed by atoms with Gasteiger partial charge in [0.05, 0.1) is 12.2 Å². The topological polar surface area (TPSA) is 48.6 Å². The lowest BCUT2D eigenvalue weighted by atomic mass is 9.92. The van der Waals surface area contributed by atoms with E-state index >= 15 is 0 Å². The number of aryl methyl sites for hydroxylation is 1. The van der Waals surface area contributed by atoms with Gasteiger partial charge in [-0.15, -0.1) is 0 Å². The number of hydrogen-bond acceptors (Lipinski definition) is 4. The number of fused-ring (bicyclic) bond motifs is 8. The number of ether oxygens (including phenoxy) is 1. The van der Waals surface area contributed by atoms with E-state index in [-0.39, 0.29) is 5.97 Å². The Morgan fingerprint density at radius 1 is 0.750 bits per heavy atom. The summed E-state index contributed by atoms with van der Waals surface area (Å²) in [5, 5.41) is 3.39. The van der Waals surface area contributed by atoms with Crippen LogP contribution in [0.3, 0.4) is 0 Å². The van der Waals surface area contributed by atoms with Crippen molar-refractivity contribution in [2.75, 3.05) is 16.5 Å². The molecule has 5 nitrogen and oxygen atoms in total. The second-order valence-corrected chi connectivity index (χ2v) is 10.8. The molecular weight excluding hydrogens is 494 g/mol. The lowest BCUT2D eigenvalue weighted by Gasteiger charge is -2.45. The van der Waals surface area contributed by atoms with Gasteiger partial charge in [0, 0.05) is 41.6 Å². The number of aromatic nitrogens is 1. The van der Waals surface area contributed by atoms with Crippen LogP contribution in [0.4, 0.5) is 11.4 Å². The van der Waals surface area contributed by atoms with Crippen molar-refractivity contribution < 1.29 is 9.53 Å². The highest BCUT2D eigenvalue weighted by atomic mass is 16.5. The van der Waals surface area contributed by atoms with Crippen LogP contribution in [0.2, 0.25) is 0 Å². The fourth-order valence-corrected chi connectivity index (χ4v) is 6.38. The maximum atomic E-state index is 13.5. The van der Waals surface area contributed by atoms with E-state index in [0.717, 1.165) is 47.2 Å². The van der Waals surface area contributed by atoms with Gasteiger partial charge in [-0.1, -0.05) is 48.5 Å². The molecule has 40 heavy (non-hydrogen) atoms. The summed E-state index contributed by atoms with van der Waals surface area (Å²) < 4.78 is 5.91. The van der Waals surface area contributed by atoms with Gasteiger partial charge >= 0.3 is 5.97 Å². The van der Waals surface area contributed by atoms with Gasteiger partial charge in [-0.25, -0.2) is 4.79 Å². The van der Waals surface area contributed by atoms with Crippen molar-refractivity contribution in [2.45, 2.75) is 20.0 Å². The summed E-state index contributed by atoms with van der Waals surface area (Å²) in [6, 6.07) is 33.0. The molecule has 0 fully saturated rings. The molecule has 0 amide bonds. The van der Waals surface area contributed by atoms with Crippen LogP contribution in [0.15, 0.2) is 103 Å². The van der Waals surface area contributed by atoms with Crippen LogP contribution in [0.5, 0.6) is 5.75 Å². The third-order valence-corrected chi connectivity index (χ3v) is 8.29. The molecule has 2 aliphatic rings. The minimum atomic E-state index is -0.347. The van der Waals surface area contributed by atoms with E-state index in [4.69, 9.17) is 4.74 Å². The van der Waals surface area contributed by atoms with Crippen LogP contribution in [0, 0.1) is 6.92 Å². The van der Waals surface area contributed by atoms with Gasteiger partial charge in [-0.05, 0) is 94.0 Å². The summed E-state index contributed by atoms with van der Waals surface area (Å²) in [7, 11) is 0. The van der Waals surface area contributed by atoms with Crippen LogP contribution in [0.1, 0.15) is 27.0 Å². The molecule has 2 bridgehead atoms. The van der Waals surface area contributed by atoms with E-state index in [9.17, 15) is 4.79 Å². The second-order valence-electron chi connectivity index (χ2n) is 10.8. The quantitative estimate of drug-likeness (QED) is 0.191. The molecule has 5 aromatic carbocycles. The average Bonchev–Trinajstić information content (AvgIpc) is 3.43. The molecule has 8 rings (SSSR count). The molecule has 0 radical (unpaired) electrons. The molecule has 6 aromatic rings. The zero-order valence-corrected chi connectivity index (χ0v) is 22.1. The molecular formula is C35H27N3O2. The smallest absolute Gasteiger partial charge is 0.344 e. The summed E-state index contributed by atoms with van der Waals surface area (Å²) >= 11 is 0.